The maximum absolute atomic E-state index is 12.9. The van der Waals surface area contributed by atoms with E-state index >= 15 is 0 Å². The summed E-state index contributed by atoms with van der Waals surface area (Å²) in [6.07, 6.45) is 3.87. The van der Waals surface area contributed by atoms with E-state index in [4.69, 9.17) is 20.3 Å². The van der Waals surface area contributed by atoms with Crippen LogP contribution in [0, 0.1) is 0 Å². The first-order valence-electron chi connectivity index (χ1n) is 9.20. The van der Waals surface area contributed by atoms with Gasteiger partial charge in [0.15, 0.2) is 11.5 Å². The number of likely N-dealkylation sites (tertiary alicyclic amines) is 1. The fourth-order valence-electron chi connectivity index (χ4n) is 3.14. The Balaban J connectivity index is 0.00000136. The zero-order valence-electron chi connectivity index (χ0n) is 16.6. The smallest absolute Gasteiger partial charge is 0.260 e. The van der Waals surface area contributed by atoms with Crippen molar-refractivity contribution in [1.82, 2.24) is 4.90 Å². The van der Waals surface area contributed by atoms with Gasteiger partial charge in [0.2, 0.25) is 0 Å². The highest BCUT2D eigenvalue weighted by atomic mass is 16.5. The molecular weight excluding hydrogens is 356 g/mol. The van der Waals surface area contributed by atoms with Crippen LogP contribution in [0.25, 0.3) is 0 Å². The quantitative estimate of drug-likeness (QED) is 0.770. The van der Waals surface area contributed by atoms with Gasteiger partial charge in [0.1, 0.15) is 6.61 Å². The number of aliphatic hydroxyl groups excluding tert-OH is 1. The van der Waals surface area contributed by atoms with E-state index in [1.165, 1.54) is 0 Å². The van der Waals surface area contributed by atoms with Crippen LogP contribution in [-0.4, -0.2) is 36.7 Å². The van der Waals surface area contributed by atoms with E-state index in [0.717, 1.165) is 31.2 Å². The van der Waals surface area contributed by atoms with Gasteiger partial charge in [-0.2, -0.15) is 0 Å². The van der Waals surface area contributed by atoms with E-state index in [-0.39, 0.29) is 5.91 Å². The first-order valence-corrected chi connectivity index (χ1v) is 9.20. The SMILES string of the molecule is C/C=C1\CCCN1C(=O)c1cc(OC)c(OCc2ccccc2)cc1N.CO. The summed E-state index contributed by atoms with van der Waals surface area (Å²) in [5, 5.41) is 7.00. The van der Waals surface area contributed by atoms with Crippen molar-refractivity contribution in [2.24, 2.45) is 0 Å². The van der Waals surface area contributed by atoms with Gasteiger partial charge in [-0.15, -0.1) is 0 Å². The lowest BCUT2D eigenvalue weighted by molar-refractivity contribution is 0.0825. The lowest BCUT2D eigenvalue weighted by atomic mass is 10.1. The molecule has 2 aromatic carbocycles. The van der Waals surface area contributed by atoms with Gasteiger partial charge in [0, 0.05) is 31.1 Å². The van der Waals surface area contributed by atoms with Crippen LogP contribution in [0.1, 0.15) is 35.7 Å². The minimum atomic E-state index is -0.0963. The summed E-state index contributed by atoms with van der Waals surface area (Å²) in [6.45, 7) is 3.07. The van der Waals surface area contributed by atoms with Crippen molar-refractivity contribution in [1.29, 1.82) is 0 Å². The average Bonchev–Trinajstić information content (AvgIpc) is 3.23. The monoisotopic (exact) mass is 384 g/mol. The van der Waals surface area contributed by atoms with Crippen molar-refractivity contribution in [2.45, 2.75) is 26.4 Å². The minimum Gasteiger partial charge on any atom is -0.493 e. The van der Waals surface area contributed by atoms with Crippen molar-refractivity contribution in [3.8, 4) is 11.5 Å². The second kappa shape index (κ2) is 10.4. The van der Waals surface area contributed by atoms with Gasteiger partial charge in [-0.3, -0.25) is 4.79 Å². The minimum absolute atomic E-state index is 0.0963. The van der Waals surface area contributed by atoms with Crippen LogP contribution >= 0.6 is 0 Å². The molecule has 1 aliphatic rings. The summed E-state index contributed by atoms with van der Waals surface area (Å²) in [5.41, 5.74) is 9.08. The van der Waals surface area contributed by atoms with Crippen molar-refractivity contribution < 1.29 is 19.4 Å². The predicted octanol–water partition coefficient (Wildman–Crippen LogP) is 3.60. The van der Waals surface area contributed by atoms with E-state index in [1.807, 2.05) is 43.3 Å². The van der Waals surface area contributed by atoms with Gasteiger partial charge in [0.25, 0.3) is 5.91 Å². The molecular formula is C22H28N2O4. The molecule has 150 valence electrons. The van der Waals surface area contributed by atoms with Crippen LogP contribution < -0.4 is 15.2 Å². The fraction of sp³-hybridized carbons (Fsp3) is 0.318. The zero-order chi connectivity index (χ0) is 20.5. The molecule has 6 heteroatoms. The lowest BCUT2D eigenvalue weighted by Crippen LogP contribution is -2.27. The number of methoxy groups -OCH3 is 1. The Labute approximate surface area is 166 Å². The Hall–Kier alpha value is -2.99. The molecule has 1 aliphatic heterocycles. The molecule has 0 saturated carbocycles. The zero-order valence-corrected chi connectivity index (χ0v) is 16.6. The summed E-state index contributed by atoms with van der Waals surface area (Å²) in [5.74, 6) is 0.929. The molecule has 0 bridgehead atoms. The van der Waals surface area contributed by atoms with E-state index in [2.05, 4.69) is 0 Å². The van der Waals surface area contributed by atoms with Crippen molar-refractivity contribution >= 4 is 11.6 Å². The number of rotatable bonds is 5. The Bertz CT molecular complexity index is 819. The number of carbonyl (C=O) groups is 1. The Morgan fingerprint density at radius 3 is 2.57 bits per heavy atom. The third kappa shape index (κ3) is 4.84. The number of nitrogens with zero attached hydrogens (tertiary/aromatic N) is 1. The summed E-state index contributed by atoms with van der Waals surface area (Å²) >= 11 is 0. The van der Waals surface area contributed by atoms with Crippen LogP contribution in [0.15, 0.2) is 54.2 Å². The number of aliphatic hydroxyl groups is 1. The summed E-state index contributed by atoms with van der Waals surface area (Å²) in [4.78, 5) is 14.7. The lowest BCUT2D eigenvalue weighted by Gasteiger charge is -2.20. The van der Waals surface area contributed by atoms with Crippen LogP contribution in [0.5, 0.6) is 11.5 Å². The Kier molecular flexibility index (Phi) is 7.89. The molecule has 3 rings (SSSR count). The molecule has 0 unspecified atom stereocenters. The standard InChI is InChI=1S/C21H24N2O3.CH4O/c1-3-16-10-7-11-23(16)21(24)17-12-19(25-2)20(13-18(17)22)26-14-15-8-5-4-6-9-15;1-2/h3-6,8-9,12-13H,7,10-11,14,22H2,1-2H3;2H,1H3/b16-3+;. The number of hydrogen-bond acceptors (Lipinski definition) is 5. The number of nitrogens with two attached hydrogens (primary N) is 1. The highest BCUT2D eigenvalue weighted by molar-refractivity contribution is 6.01. The molecule has 28 heavy (non-hydrogen) atoms. The fourth-order valence-corrected chi connectivity index (χ4v) is 3.14. The molecule has 0 atom stereocenters. The van der Waals surface area contributed by atoms with Gasteiger partial charge in [0.05, 0.1) is 12.7 Å². The van der Waals surface area contributed by atoms with Gasteiger partial charge in [-0.25, -0.2) is 0 Å². The second-order valence-corrected chi connectivity index (χ2v) is 6.20. The number of amides is 1. The number of anilines is 1. The van der Waals surface area contributed by atoms with E-state index < -0.39 is 0 Å². The normalized spacial score (nSPS) is 14.4. The highest BCUT2D eigenvalue weighted by Crippen LogP contribution is 2.34. The number of nitrogen functional groups attached to an aromatic ring is 1. The maximum Gasteiger partial charge on any atom is 0.260 e. The molecule has 1 heterocycles. The predicted molar refractivity (Wildman–Crippen MR) is 110 cm³/mol. The molecule has 0 aromatic heterocycles. The van der Waals surface area contributed by atoms with Crippen LogP contribution in [0.3, 0.4) is 0 Å². The first kappa shape index (κ1) is 21.3. The average molecular weight is 384 g/mol. The molecule has 0 aliphatic carbocycles. The Morgan fingerprint density at radius 2 is 1.93 bits per heavy atom. The van der Waals surface area contributed by atoms with E-state index in [1.54, 1.807) is 24.1 Å². The van der Waals surface area contributed by atoms with Crippen molar-refractivity contribution in [3.05, 3.63) is 65.4 Å². The highest BCUT2D eigenvalue weighted by Gasteiger charge is 2.26. The second-order valence-electron chi connectivity index (χ2n) is 6.20. The van der Waals surface area contributed by atoms with Gasteiger partial charge in [-0.1, -0.05) is 36.4 Å². The number of carbonyl (C=O) groups excluding carboxylic acids is 1. The van der Waals surface area contributed by atoms with Crippen LogP contribution in [0.2, 0.25) is 0 Å². The molecule has 6 nitrogen and oxygen atoms in total. The van der Waals surface area contributed by atoms with Crippen molar-refractivity contribution in [3.63, 3.8) is 0 Å². The molecule has 1 fully saturated rings. The summed E-state index contributed by atoms with van der Waals surface area (Å²) < 4.78 is 11.3. The summed E-state index contributed by atoms with van der Waals surface area (Å²) in [6, 6.07) is 13.2. The van der Waals surface area contributed by atoms with E-state index in [9.17, 15) is 4.79 Å². The number of hydrogen-bond donors (Lipinski definition) is 2. The molecule has 2 aromatic rings. The van der Waals surface area contributed by atoms with Gasteiger partial charge < -0.3 is 25.2 Å². The molecule has 1 amide bonds. The molecule has 0 radical (unpaired) electrons. The molecule has 0 spiro atoms. The van der Waals surface area contributed by atoms with E-state index in [0.29, 0.717) is 35.9 Å². The van der Waals surface area contributed by atoms with Crippen molar-refractivity contribution in [2.75, 3.05) is 26.5 Å². The van der Waals surface area contributed by atoms with Gasteiger partial charge >= 0.3 is 0 Å². The third-order valence-electron chi connectivity index (χ3n) is 4.54. The maximum atomic E-state index is 12.9. The van der Waals surface area contributed by atoms with Gasteiger partial charge in [-0.05, 0) is 31.4 Å². The Morgan fingerprint density at radius 1 is 1.21 bits per heavy atom. The third-order valence-corrected chi connectivity index (χ3v) is 4.54. The number of ether oxygens (including phenoxy) is 2. The summed E-state index contributed by atoms with van der Waals surface area (Å²) in [7, 11) is 2.56. The number of benzene rings is 2. The van der Waals surface area contributed by atoms with Crippen LogP contribution in [-0.2, 0) is 6.61 Å². The topological polar surface area (TPSA) is 85.0 Å². The number of allylic oxidation sites excluding steroid dienone is 2. The largest absolute Gasteiger partial charge is 0.493 e. The van der Waals surface area contributed by atoms with Crippen LogP contribution in [0.4, 0.5) is 5.69 Å². The molecule has 3 N–H and O–H groups in total. The first-order chi connectivity index (χ1) is 13.6. The molecule has 1 saturated heterocycles.